The summed E-state index contributed by atoms with van der Waals surface area (Å²) in [6.07, 6.45) is 0. The van der Waals surface area contributed by atoms with Crippen LogP contribution in [0.25, 0.3) is 0 Å². The molecule has 0 saturated carbocycles. The average Bonchev–Trinajstić information content (AvgIpc) is 2.61. The minimum atomic E-state index is -0.592. The predicted molar refractivity (Wildman–Crippen MR) is 116 cm³/mol. The van der Waals surface area contributed by atoms with E-state index >= 15 is 0 Å². The summed E-state index contributed by atoms with van der Waals surface area (Å²) in [6.45, 7) is 4.63. The van der Waals surface area contributed by atoms with Crippen LogP contribution in [-0.4, -0.2) is 22.5 Å². The summed E-state index contributed by atoms with van der Waals surface area (Å²) in [7, 11) is 0. The molecule has 0 fully saturated rings. The van der Waals surface area contributed by atoms with E-state index in [-0.39, 0.29) is 21.5 Å². The Morgan fingerprint density at radius 3 is 2.64 bits per heavy atom. The summed E-state index contributed by atoms with van der Waals surface area (Å²) in [5.74, 6) is 0.531. The number of hydrogen-bond acceptors (Lipinski definition) is 5. The van der Waals surface area contributed by atoms with Crippen molar-refractivity contribution in [1.29, 1.82) is 0 Å². The molecule has 0 aliphatic carbocycles. The van der Waals surface area contributed by atoms with Crippen molar-refractivity contribution in [3.63, 3.8) is 0 Å². The molecule has 1 amide bonds. The lowest BCUT2D eigenvalue weighted by molar-refractivity contribution is -0.383. The quantitative estimate of drug-likeness (QED) is 0.332. The number of anilines is 1. The van der Waals surface area contributed by atoms with E-state index < -0.39 is 10.8 Å². The molecule has 10 heteroatoms. The van der Waals surface area contributed by atoms with Gasteiger partial charge in [0.05, 0.1) is 16.0 Å². The molecule has 0 aliphatic heterocycles. The molecule has 2 rings (SSSR count). The summed E-state index contributed by atoms with van der Waals surface area (Å²) >= 11 is 14.2. The van der Waals surface area contributed by atoms with Gasteiger partial charge in [-0.15, -0.1) is 0 Å². The second-order valence-corrected chi connectivity index (χ2v) is 7.88. The van der Waals surface area contributed by atoms with Gasteiger partial charge in [0.2, 0.25) is 0 Å². The van der Waals surface area contributed by atoms with E-state index in [0.717, 1.165) is 0 Å². The Hall–Kier alpha value is -2.23. The van der Waals surface area contributed by atoms with Crippen molar-refractivity contribution < 1.29 is 14.5 Å². The molecule has 2 aromatic carbocycles. The SMILES string of the molecule is CC(C)COc1ccc(C(=O)NC(=S)Nc2ccc(Cl)cc2[N+](=O)[O-])cc1Br. The number of rotatable bonds is 6. The lowest BCUT2D eigenvalue weighted by Crippen LogP contribution is -2.34. The number of benzene rings is 2. The maximum atomic E-state index is 12.4. The number of amides is 1. The van der Waals surface area contributed by atoms with Gasteiger partial charge in [-0.2, -0.15) is 0 Å². The molecule has 0 heterocycles. The second-order valence-electron chi connectivity index (χ2n) is 6.18. The van der Waals surface area contributed by atoms with E-state index in [1.165, 1.54) is 18.2 Å². The average molecular weight is 487 g/mol. The van der Waals surface area contributed by atoms with Crippen LogP contribution in [-0.2, 0) is 0 Å². The number of nitrogens with zero attached hydrogens (tertiary/aromatic N) is 1. The van der Waals surface area contributed by atoms with Gasteiger partial charge in [0, 0.05) is 16.7 Å². The van der Waals surface area contributed by atoms with Crippen molar-refractivity contribution in [1.82, 2.24) is 5.32 Å². The highest BCUT2D eigenvalue weighted by Crippen LogP contribution is 2.28. The largest absolute Gasteiger partial charge is 0.492 e. The lowest BCUT2D eigenvalue weighted by atomic mass is 10.2. The fourth-order valence-corrected chi connectivity index (χ4v) is 2.97. The number of nitro groups is 1. The van der Waals surface area contributed by atoms with Gasteiger partial charge in [0.25, 0.3) is 11.6 Å². The highest BCUT2D eigenvalue weighted by molar-refractivity contribution is 9.10. The molecule has 0 saturated heterocycles. The van der Waals surface area contributed by atoms with Crippen LogP contribution in [0.2, 0.25) is 5.02 Å². The molecule has 0 radical (unpaired) electrons. The van der Waals surface area contributed by atoms with Crippen LogP contribution in [0.5, 0.6) is 5.75 Å². The van der Waals surface area contributed by atoms with Gasteiger partial charge in [-0.25, -0.2) is 0 Å². The van der Waals surface area contributed by atoms with Gasteiger partial charge in [-0.1, -0.05) is 25.4 Å². The Balaban J connectivity index is 2.06. The van der Waals surface area contributed by atoms with E-state index in [1.54, 1.807) is 18.2 Å². The van der Waals surface area contributed by atoms with Crippen LogP contribution >= 0.6 is 39.7 Å². The van der Waals surface area contributed by atoms with Crippen LogP contribution in [0.4, 0.5) is 11.4 Å². The highest BCUT2D eigenvalue weighted by Gasteiger charge is 2.17. The third-order valence-electron chi connectivity index (χ3n) is 3.40. The fraction of sp³-hybridized carbons (Fsp3) is 0.222. The number of hydrogen-bond donors (Lipinski definition) is 2. The van der Waals surface area contributed by atoms with Gasteiger partial charge in [-0.3, -0.25) is 20.2 Å². The van der Waals surface area contributed by atoms with E-state index in [1.807, 2.05) is 13.8 Å². The van der Waals surface area contributed by atoms with Crippen molar-refractivity contribution in [2.24, 2.45) is 5.92 Å². The first-order valence-electron chi connectivity index (χ1n) is 8.16. The molecule has 2 N–H and O–H groups in total. The van der Waals surface area contributed by atoms with Crippen molar-refractivity contribution in [3.8, 4) is 5.75 Å². The molecule has 28 heavy (non-hydrogen) atoms. The van der Waals surface area contributed by atoms with E-state index in [9.17, 15) is 14.9 Å². The predicted octanol–water partition coefficient (Wildman–Crippen LogP) is 5.17. The molecule has 0 aromatic heterocycles. The Bertz CT molecular complexity index is 924. The molecule has 148 valence electrons. The van der Waals surface area contributed by atoms with E-state index in [2.05, 4.69) is 26.6 Å². The number of ether oxygens (including phenoxy) is 1. The van der Waals surface area contributed by atoms with Gasteiger partial charge in [0.1, 0.15) is 11.4 Å². The zero-order valence-electron chi connectivity index (χ0n) is 15.0. The smallest absolute Gasteiger partial charge is 0.294 e. The molecule has 0 aliphatic rings. The lowest BCUT2D eigenvalue weighted by Gasteiger charge is -2.12. The molecule has 0 unspecified atom stereocenters. The van der Waals surface area contributed by atoms with Crippen molar-refractivity contribution in [3.05, 3.63) is 61.6 Å². The summed E-state index contributed by atoms with van der Waals surface area (Å²) in [6, 6.07) is 8.98. The number of halogens is 2. The van der Waals surface area contributed by atoms with Crippen LogP contribution in [0.3, 0.4) is 0 Å². The minimum absolute atomic E-state index is 0.0771. The van der Waals surface area contributed by atoms with Crippen molar-refractivity contribution >= 4 is 62.1 Å². The van der Waals surface area contributed by atoms with Gasteiger partial charge >= 0.3 is 0 Å². The Kier molecular flexibility index (Phi) is 7.73. The van der Waals surface area contributed by atoms with Crippen molar-refractivity contribution in [2.45, 2.75) is 13.8 Å². The van der Waals surface area contributed by atoms with Crippen LogP contribution in [0, 0.1) is 16.0 Å². The number of thiocarbonyl (C=S) groups is 1. The summed E-state index contributed by atoms with van der Waals surface area (Å²) < 4.78 is 6.28. The molecule has 0 spiro atoms. The molecular formula is C18H17BrClN3O4S. The van der Waals surface area contributed by atoms with Gasteiger partial charge in [0.15, 0.2) is 5.11 Å². The summed E-state index contributed by atoms with van der Waals surface area (Å²) in [5.41, 5.74) is 0.218. The monoisotopic (exact) mass is 485 g/mol. The topological polar surface area (TPSA) is 93.5 Å². The third-order valence-corrected chi connectivity index (χ3v) is 4.46. The van der Waals surface area contributed by atoms with Crippen molar-refractivity contribution in [2.75, 3.05) is 11.9 Å². The van der Waals surface area contributed by atoms with E-state index in [4.69, 9.17) is 28.6 Å². The van der Waals surface area contributed by atoms with Crippen LogP contribution in [0.15, 0.2) is 40.9 Å². The third kappa shape index (κ3) is 6.15. The number of nitro benzene ring substituents is 1. The Morgan fingerprint density at radius 1 is 1.32 bits per heavy atom. The standard InChI is InChI=1S/C18H17BrClN3O4S/c1-10(2)9-27-16-6-3-11(7-13(16)19)17(24)22-18(28)21-14-5-4-12(20)8-15(14)23(25)26/h3-8,10H,9H2,1-2H3,(H2,21,22,24,28). The van der Waals surface area contributed by atoms with Gasteiger partial charge < -0.3 is 10.1 Å². The maximum Gasteiger partial charge on any atom is 0.294 e. The summed E-state index contributed by atoms with van der Waals surface area (Å²) in [4.78, 5) is 22.9. The zero-order valence-corrected chi connectivity index (χ0v) is 18.2. The van der Waals surface area contributed by atoms with Crippen LogP contribution < -0.4 is 15.4 Å². The Morgan fingerprint density at radius 2 is 2.04 bits per heavy atom. The minimum Gasteiger partial charge on any atom is -0.492 e. The number of carbonyl (C=O) groups is 1. The molecule has 0 atom stereocenters. The summed E-state index contributed by atoms with van der Waals surface area (Å²) in [5, 5.41) is 16.4. The molecule has 0 bridgehead atoms. The van der Waals surface area contributed by atoms with Gasteiger partial charge in [-0.05, 0) is 64.4 Å². The highest BCUT2D eigenvalue weighted by atomic mass is 79.9. The number of carbonyl (C=O) groups excluding carboxylic acids is 1. The zero-order chi connectivity index (χ0) is 20.8. The van der Waals surface area contributed by atoms with E-state index in [0.29, 0.717) is 28.3 Å². The molecule has 2 aromatic rings. The first-order valence-corrected chi connectivity index (χ1v) is 9.74. The maximum absolute atomic E-state index is 12.4. The first kappa shape index (κ1) is 22.1. The Labute approximate surface area is 180 Å². The normalized spacial score (nSPS) is 10.5. The first-order chi connectivity index (χ1) is 13.2. The molecule has 7 nitrogen and oxygen atoms in total. The van der Waals surface area contributed by atoms with Crippen LogP contribution in [0.1, 0.15) is 24.2 Å². The second kappa shape index (κ2) is 9.81. The molecular weight excluding hydrogens is 470 g/mol. The fourth-order valence-electron chi connectivity index (χ4n) is 2.11. The number of nitrogens with one attached hydrogen (secondary N) is 2.